The van der Waals surface area contributed by atoms with Gasteiger partial charge in [0.05, 0.1) is 0 Å². The zero-order chi connectivity index (χ0) is 20.1. The molecule has 3 rings (SSSR count). The van der Waals surface area contributed by atoms with Crippen molar-refractivity contribution in [2.75, 3.05) is 45.2 Å². The Morgan fingerprint density at radius 2 is 1.75 bits per heavy atom. The third kappa shape index (κ3) is 4.82. The summed E-state index contributed by atoms with van der Waals surface area (Å²) in [6, 6.07) is 8.18. The van der Waals surface area contributed by atoms with E-state index >= 15 is 0 Å². The summed E-state index contributed by atoms with van der Waals surface area (Å²) in [6.07, 6.45) is 4.64. The average molecular weight is 386 g/mol. The summed E-state index contributed by atoms with van der Waals surface area (Å²) in [5, 5.41) is 0. The zero-order valence-corrected chi connectivity index (χ0v) is 16.9. The van der Waals surface area contributed by atoms with Crippen LogP contribution in [0.3, 0.4) is 0 Å². The van der Waals surface area contributed by atoms with Crippen molar-refractivity contribution in [2.24, 2.45) is 0 Å². The Balaban J connectivity index is 1.43. The van der Waals surface area contributed by atoms with Gasteiger partial charge in [-0.2, -0.15) is 0 Å². The van der Waals surface area contributed by atoms with E-state index in [0.29, 0.717) is 25.9 Å². The minimum atomic E-state index is -0.278. The fourth-order valence-corrected chi connectivity index (χ4v) is 3.79. The summed E-state index contributed by atoms with van der Waals surface area (Å²) < 4.78 is 0. The van der Waals surface area contributed by atoms with E-state index in [2.05, 4.69) is 29.2 Å². The first-order chi connectivity index (χ1) is 13.5. The molecule has 28 heavy (non-hydrogen) atoms. The molecule has 2 aliphatic rings. The molecule has 0 N–H and O–H groups in total. The van der Waals surface area contributed by atoms with Crippen LogP contribution in [-0.4, -0.2) is 72.8 Å². The molecule has 1 aromatic carbocycles. The summed E-state index contributed by atoms with van der Waals surface area (Å²) in [5.41, 5.74) is 2.35. The second kappa shape index (κ2) is 9.08. The minimum Gasteiger partial charge on any atom is -0.372 e. The predicted octanol–water partition coefficient (Wildman–Crippen LogP) is 2.31. The highest BCUT2D eigenvalue weighted by Crippen LogP contribution is 2.20. The van der Waals surface area contributed by atoms with Gasteiger partial charge in [-0.1, -0.05) is 12.1 Å². The van der Waals surface area contributed by atoms with Crippen LogP contribution in [0.15, 0.2) is 24.3 Å². The normalized spacial score (nSPS) is 17.4. The van der Waals surface area contributed by atoms with Crippen molar-refractivity contribution in [3.63, 3.8) is 0 Å². The van der Waals surface area contributed by atoms with Gasteiger partial charge < -0.3 is 14.7 Å². The van der Waals surface area contributed by atoms with Gasteiger partial charge in [0.1, 0.15) is 6.54 Å². The number of amides is 4. The number of hydrogen-bond acceptors (Lipinski definition) is 4. The molecule has 2 aliphatic heterocycles. The van der Waals surface area contributed by atoms with Crippen LogP contribution < -0.4 is 4.90 Å². The number of piperidine rings is 1. The van der Waals surface area contributed by atoms with Gasteiger partial charge in [0, 0.05) is 52.4 Å². The molecular weight excluding hydrogens is 356 g/mol. The van der Waals surface area contributed by atoms with Gasteiger partial charge in [-0.3, -0.25) is 14.5 Å². The first-order valence-electron chi connectivity index (χ1n) is 10.1. The lowest BCUT2D eigenvalue weighted by Gasteiger charge is -2.29. The van der Waals surface area contributed by atoms with Crippen molar-refractivity contribution in [1.29, 1.82) is 0 Å². The van der Waals surface area contributed by atoms with Crippen LogP contribution >= 0.6 is 0 Å². The highest BCUT2D eigenvalue weighted by atomic mass is 16.2. The van der Waals surface area contributed by atoms with E-state index < -0.39 is 0 Å². The van der Waals surface area contributed by atoms with Crippen molar-refractivity contribution in [3.05, 3.63) is 29.8 Å². The molecule has 7 nitrogen and oxygen atoms in total. The van der Waals surface area contributed by atoms with E-state index in [0.717, 1.165) is 18.7 Å². The van der Waals surface area contributed by atoms with Gasteiger partial charge >= 0.3 is 6.03 Å². The number of anilines is 1. The SMILES string of the molecule is CN(Cc1ccc(N2CCCCC2)cc1)C(=O)CCCN1C(=O)CN(C)C1=O. The molecule has 0 saturated carbocycles. The number of rotatable bonds is 7. The number of carbonyl (C=O) groups excluding carboxylic acids is 3. The number of nitrogens with zero attached hydrogens (tertiary/aromatic N) is 4. The Kier molecular flexibility index (Phi) is 6.54. The van der Waals surface area contributed by atoms with Crippen LogP contribution in [0.4, 0.5) is 10.5 Å². The van der Waals surface area contributed by atoms with Gasteiger partial charge in [0.2, 0.25) is 11.8 Å². The lowest BCUT2D eigenvalue weighted by Crippen LogP contribution is -2.33. The summed E-state index contributed by atoms with van der Waals surface area (Å²) in [5.74, 6) is -0.172. The van der Waals surface area contributed by atoms with Crippen molar-refractivity contribution >= 4 is 23.5 Å². The lowest BCUT2D eigenvalue weighted by atomic mass is 10.1. The maximum Gasteiger partial charge on any atom is 0.326 e. The van der Waals surface area contributed by atoms with E-state index in [1.165, 1.54) is 34.7 Å². The molecule has 0 unspecified atom stereocenters. The molecule has 0 bridgehead atoms. The van der Waals surface area contributed by atoms with Crippen molar-refractivity contribution in [2.45, 2.75) is 38.6 Å². The maximum absolute atomic E-state index is 12.4. The van der Waals surface area contributed by atoms with Gasteiger partial charge in [0.15, 0.2) is 0 Å². The van der Waals surface area contributed by atoms with E-state index in [9.17, 15) is 14.4 Å². The Bertz CT molecular complexity index is 713. The van der Waals surface area contributed by atoms with Crippen LogP contribution in [0.5, 0.6) is 0 Å². The number of benzene rings is 1. The van der Waals surface area contributed by atoms with E-state index in [1.54, 1.807) is 19.0 Å². The molecular formula is C21H30N4O3. The highest BCUT2D eigenvalue weighted by molar-refractivity contribution is 6.01. The van der Waals surface area contributed by atoms with Crippen LogP contribution in [0.25, 0.3) is 0 Å². The zero-order valence-electron chi connectivity index (χ0n) is 16.9. The molecule has 7 heteroatoms. The molecule has 0 atom stereocenters. The molecule has 2 fully saturated rings. The third-order valence-electron chi connectivity index (χ3n) is 5.51. The van der Waals surface area contributed by atoms with Crippen molar-refractivity contribution in [1.82, 2.24) is 14.7 Å². The molecule has 0 spiro atoms. The lowest BCUT2D eigenvalue weighted by molar-refractivity contribution is -0.131. The molecule has 4 amide bonds. The van der Waals surface area contributed by atoms with E-state index in [-0.39, 0.29) is 24.4 Å². The van der Waals surface area contributed by atoms with Crippen molar-refractivity contribution in [3.8, 4) is 0 Å². The van der Waals surface area contributed by atoms with Crippen molar-refractivity contribution < 1.29 is 14.4 Å². The Hall–Kier alpha value is -2.57. The maximum atomic E-state index is 12.4. The second-order valence-corrected chi connectivity index (χ2v) is 7.75. The Morgan fingerprint density at radius 3 is 2.36 bits per heavy atom. The molecule has 1 aromatic rings. The molecule has 2 heterocycles. The largest absolute Gasteiger partial charge is 0.372 e. The van der Waals surface area contributed by atoms with E-state index in [4.69, 9.17) is 0 Å². The molecule has 2 saturated heterocycles. The standard InChI is InChI=1S/C21H30N4O3/c1-22(19(26)7-6-14-25-20(27)16-23(2)21(25)28)15-17-8-10-18(11-9-17)24-12-4-3-5-13-24/h8-11H,3-7,12-16H2,1-2H3. The smallest absolute Gasteiger partial charge is 0.326 e. The quantitative estimate of drug-likeness (QED) is 0.675. The molecule has 0 aromatic heterocycles. The van der Waals surface area contributed by atoms with Crippen LogP contribution in [0, 0.1) is 0 Å². The van der Waals surface area contributed by atoms with E-state index in [1.807, 2.05) is 0 Å². The van der Waals surface area contributed by atoms with Gasteiger partial charge in [-0.25, -0.2) is 4.79 Å². The topological polar surface area (TPSA) is 64.2 Å². The first-order valence-corrected chi connectivity index (χ1v) is 10.1. The van der Waals surface area contributed by atoms with Gasteiger partial charge in [-0.15, -0.1) is 0 Å². The fraction of sp³-hybridized carbons (Fsp3) is 0.571. The molecule has 0 radical (unpaired) electrons. The second-order valence-electron chi connectivity index (χ2n) is 7.75. The summed E-state index contributed by atoms with van der Waals surface area (Å²) >= 11 is 0. The van der Waals surface area contributed by atoms with Crippen LogP contribution in [0.2, 0.25) is 0 Å². The molecule has 152 valence electrons. The predicted molar refractivity (Wildman–Crippen MR) is 108 cm³/mol. The van der Waals surface area contributed by atoms with Crippen LogP contribution in [0.1, 0.15) is 37.7 Å². The number of hydrogen-bond donors (Lipinski definition) is 0. The fourth-order valence-electron chi connectivity index (χ4n) is 3.79. The number of carbonyl (C=O) groups is 3. The first kappa shape index (κ1) is 20.2. The number of urea groups is 1. The average Bonchev–Trinajstić information content (AvgIpc) is 2.95. The van der Waals surface area contributed by atoms with Crippen LogP contribution in [-0.2, 0) is 16.1 Å². The van der Waals surface area contributed by atoms with Gasteiger partial charge in [0.25, 0.3) is 0 Å². The summed E-state index contributed by atoms with van der Waals surface area (Å²) in [4.78, 5) is 42.7. The number of imide groups is 1. The summed E-state index contributed by atoms with van der Waals surface area (Å²) in [7, 11) is 3.40. The summed E-state index contributed by atoms with van der Waals surface area (Å²) in [6.45, 7) is 3.22. The Labute approximate surface area is 166 Å². The number of likely N-dealkylation sites (N-methyl/N-ethyl adjacent to an activating group) is 1. The third-order valence-corrected chi connectivity index (χ3v) is 5.51. The minimum absolute atomic E-state index is 0.0209. The highest BCUT2D eigenvalue weighted by Gasteiger charge is 2.32. The molecule has 0 aliphatic carbocycles. The Morgan fingerprint density at radius 1 is 1.07 bits per heavy atom. The monoisotopic (exact) mass is 386 g/mol. The van der Waals surface area contributed by atoms with Gasteiger partial charge in [-0.05, 0) is 43.4 Å².